The molecule has 0 fully saturated rings. The molecule has 0 aromatic carbocycles. The standard InChI is InChI=1S/C15H28F3I/c1-2-3-4-5-6-7-8-9-10-11-12-14(19)13-15(16,17)18/h14H,2-13H2,1H3. The van der Waals surface area contributed by atoms with Crippen LogP contribution in [0.4, 0.5) is 13.2 Å². The molecule has 0 aliphatic heterocycles. The molecular formula is C15H28F3I. The van der Waals surface area contributed by atoms with Crippen LogP contribution < -0.4 is 0 Å². The minimum absolute atomic E-state index is 0.244. The summed E-state index contributed by atoms with van der Waals surface area (Å²) in [6.07, 6.45) is 8.48. The van der Waals surface area contributed by atoms with Crippen molar-refractivity contribution in [2.45, 2.75) is 94.1 Å². The van der Waals surface area contributed by atoms with Crippen LogP contribution in [0.2, 0.25) is 0 Å². The van der Waals surface area contributed by atoms with Crippen LogP contribution in [0.5, 0.6) is 0 Å². The highest BCUT2D eigenvalue weighted by Gasteiger charge is 2.30. The number of rotatable bonds is 12. The van der Waals surface area contributed by atoms with E-state index in [-0.39, 0.29) is 3.92 Å². The van der Waals surface area contributed by atoms with Crippen molar-refractivity contribution in [2.75, 3.05) is 0 Å². The second-order valence-corrected chi connectivity index (χ2v) is 7.15. The summed E-state index contributed by atoms with van der Waals surface area (Å²) in [6, 6.07) is 0. The van der Waals surface area contributed by atoms with Crippen molar-refractivity contribution in [3.8, 4) is 0 Å². The minimum Gasteiger partial charge on any atom is -0.171 e. The van der Waals surface area contributed by atoms with Crippen LogP contribution in [0.25, 0.3) is 0 Å². The molecule has 0 radical (unpaired) electrons. The molecule has 116 valence electrons. The number of unbranched alkanes of at least 4 members (excludes halogenated alkanes) is 9. The van der Waals surface area contributed by atoms with E-state index in [1.807, 2.05) is 22.6 Å². The number of alkyl halides is 4. The predicted molar refractivity (Wildman–Crippen MR) is 84.9 cm³/mol. The highest BCUT2D eigenvalue weighted by atomic mass is 127. The Morgan fingerprint density at radius 3 is 1.63 bits per heavy atom. The molecule has 0 N–H and O–H groups in total. The van der Waals surface area contributed by atoms with Gasteiger partial charge in [0.05, 0.1) is 6.42 Å². The molecule has 0 aliphatic carbocycles. The molecule has 0 amide bonds. The van der Waals surface area contributed by atoms with Crippen LogP contribution in [0.3, 0.4) is 0 Å². The van der Waals surface area contributed by atoms with Gasteiger partial charge in [0, 0.05) is 3.92 Å². The van der Waals surface area contributed by atoms with Gasteiger partial charge in [0.1, 0.15) is 0 Å². The quantitative estimate of drug-likeness (QED) is 0.190. The Labute approximate surface area is 130 Å². The van der Waals surface area contributed by atoms with E-state index < -0.39 is 12.6 Å². The predicted octanol–water partition coefficient (Wildman–Crippen LogP) is 7.05. The Morgan fingerprint density at radius 2 is 1.21 bits per heavy atom. The van der Waals surface area contributed by atoms with E-state index in [0.717, 1.165) is 12.8 Å². The van der Waals surface area contributed by atoms with Crippen molar-refractivity contribution in [3.63, 3.8) is 0 Å². The topological polar surface area (TPSA) is 0 Å². The van der Waals surface area contributed by atoms with Crippen LogP contribution in [-0.2, 0) is 0 Å². The van der Waals surface area contributed by atoms with Gasteiger partial charge < -0.3 is 0 Å². The molecular weight excluding hydrogens is 364 g/mol. The van der Waals surface area contributed by atoms with Gasteiger partial charge in [0.25, 0.3) is 0 Å². The van der Waals surface area contributed by atoms with Gasteiger partial charge in [0.15, 0.2) is 0 Å². The fourth-order valence-corrected chi connectivity index (χ4v) is 3.15. The van der Waals surface area contributed by atoms with Gasteiger partial charge in [-0.1, -0.05) is 93.7 Å². The first-order chi connectivity index (χ1) is 8.95. The molecule has 0 saturated carbocycles. The summed E-state index contributed by atoms with van der Waals surface area (Å²) in [6.45, 7) is 2.22. The van der Waals surface area contributed by atoms with Gasteiger partial charge in [-0.2, -0.15) is 13.2 Å². The SMILES string of the molecule is CCCCCCCCCCCCC(I)CC(F)(F)F. The molecule has 0 bridgehead atoms. The van der Waals surface area contributed by atoms with E-state index in [2.05, 4.69) is 6.92 Å². The summed E-state index contributed by atoms with van der Waals surface area (Å²) in [5, 5.41) is 0. The van der Waals surface area contributed by atoms with Crippen molar-refractivity contribution in [1.82, 2.24) is 0 Å². The van der Waals surface area contributed by atoms with Crippen LogP contribution in [0, 0.1) is 0 Å². The maximum absolute atomic E-state index is 12.1. The van der Waals surface area contributed by atoms with Gasteiger partial charge in [0.2, 0.25) is 0 Å². The Bertz CT molecular complexity index is 192. The fourth-order valence-electron chi connectivity index (χ4n) is 2.21. The molecule has 1 unspecified atom stereocenters. The van der Waals surface area contributed by atoms with Crippen LogP contribution in [0.1, 0.15) is 84.0 Å². The number of hydrogen-bond donors (Lipinski definition) is 0. The summed E-state index contributed by atoms with van der Waals surface area (Å²) in [7, 11) is 0. The summed E-state index contributed by atoms with van der Waals surface area (Å²) in [5.41, 5.74) is 0. The van der Waals surface area contributed by atoms with Gasteiger partial charge in [-0.3, -0.25) is 0 Å². The van der Waals surface area contributed by atoms with Gasteiger partial charge in [-0.05, 0) is 6.42 Å². The van der Waals surface area contributed by atoms with Crippen LogP contribution in [-0.4, -0.2) is 10.1 Å². The maximum atomic E-state index is 12.1. The molecule has 0 nitrogen and oxygen atoms in total. The summed E-state index contributed by atoms with van der Waals surface area (Å²) < 4.78 is 36.1. The maximum Gasteiger partial charge on any atom is 0.390 e. The first-order valence-corrected chi connectivity index (χ1v) is 8.91. The lowest BCUT2D eigenvalue weighted by Crippen LogP contribution is -2.14. The Balaban J connectivity index is 3.18. The number of halogens is 4. The zero-order chi connectivity index (χ0) is 14.6. The summed E-state index contributed by atoms with van der Waals surface area (Å²) in [5.74, 6) is 0. The molecule has 0 spiro atoms. The average Bonchev–Trinajstić information content (AvgIpc) is 2.29. The lowest BCUT2D eigenvalue weighted by molar-refractivity contribution is -0.133. The molecule has 0 saturated heterocycles. The van der Waals surface area contributed by atoms with Gasteiger partial charge in [-0.25, -0.2) is 0 Å². The molecule has 19 heavy (non-hydrogen) atoms. The number of hydrogen-bond acceptors (Lipinski definition) is 0. The van der Waals surface area contributed by atoms with E-state index in [1.54, 1.807) is 0 Å². The largest absolute Gasteiger partial charge is 0.390 e. The van der Waals surface area contributed by atoms with E-state index in [9.17, 15) is 13.2 Å². The lowest BCUT2D eigenvalue weighted by Gasteiger charge is -2.12. The fraction of sp³-hybridized carbons (Fsp3) is 1.00. The Kier molecular flexibility index (Phi) is 12.6. The molecule has 1 atom stereocenters. The van der Waals surface area contributed by atoms with E-state index in [0.29, 0.717) is 6.42 Å². The van der Waals surface area contributed by atoms with Crippen molar-refractivity contribution >= 4 is 22.6 Å². The Morgan fingerprint density at radius 1 is 0.789 bits per heavy atom. The highest BCUT2D eigenvalue weighted by molar-refractivity contribution is 14.1. The highest BCUT2D eigenvalue weighted by Crippen LogP contribution is 2.28. The first-order valence-electron chi connectivity index (χ1n) is 7.66. The minimum atomic E-state index is -4.00. The van der Waals surface area contributed by atoms with Crippen molar-refractivity contribution in [3.05, 3.63) is 0 Å². The molecule has 0 heterocycles. The second kappa shape index (κ2) is 12.3. The van der Waals surface area contributed by atoms with E-state index >= 15 is 0 Å². The van der Waals surface area contributed by atoms with Crippen molar-refractivity contribution in [1.29, 1.82) is 0 Å². The first kappa shape index (κ1) is 19.5. The summed E-state index contributed by atoms with van der Waals surface area (Å²) in [4.78, 5) is 0. The smallest absolute Gasteiger partial charge is 0.171 e. The zero-order valence-corrected chi connectivity index (χ0v) is 14.2. The molecule has 0 aromatic rings. The van der Waals surface area contributed by atoms with Gasteiger partial charge in [-0.15, -0.1) is 0 Å². The molecule has 0 aliphatic rings. The molecule has 0 rings (SSSR count). The third-order valence-electron chi connectivity index (χ3n) is 3.32. The van der Waals surface area contributed by atoms with Crippen molar-refractivity contribution < 1.29 is 13.2 Å². The van der Waals surface area contributed by atoms with Crippen LogP contribution >= 0.6 is 22.6 Å². The van der Waals surface area contributed by atoms with Gasteiger partial charge >= 0.3 is 6.18 Å². The third-order valence-corrected chi connectivity index (χ3v) is 4.39. The molecule has 4 heteroatoms. The zero-order valence-electron chi connectivity index (χ0n) is 12.1. The average molecular weight is 392 g/mol. The normalized spacial score (nSPS) is 13.7. The van der Waals surface area contributed by atoms with E-state index in [1.165, 1.54) is 51.4 Å². The monoisotopic (exact) mass is 392 g/mol. The van der Waals surface area contributed by atoms with E-state index in [4.69, 9.17) is 0 Å². The lowest BCUT2D eigenvalue weighted by atomic mass is 10.0. The van der Waals surface area contributed by atoms with Crippen molar-refractivity contribution in [2.24, 2.45) is 0 Å². The van der Waals surface area contributed by atoms with Crippen LogP contribution in [0.15, 0.2) is 0 Å². The Hall–Kier alpha value is 0.520. The summed E-state index contributed by atoms with van der Waals surface area (Å²) >= 11 is 1.93. The third kappa shape index (κ3) is 16.5. The second-order valence-electron chi connectivity index (χ2n) is 5.39. The molecule has 0 aromatic heterocycles.